The summed E-state index contributed by atoms with van der Waals surface area (Å²) in [5.41, 5.74) is 1.35. The lowest BCUT2D eigenvalue weighted by Gasteiger charge is -2.16. The molecule has 0 spiro atoms. The molecule has 1 aromatic rings. The fourth-order valence-corrected chi connectivity index (χ4v) is 2.47. The summed E-state index contributed by atoms with van der Waals surface area (Å²) in [4.78, 5) is 0. The molecule has 0 fully saturated rings. The van der Waals surface area contributed by atoms with Crippen molar-refractivity contribution >= 4 is 0 Å². The maximum Gasteiger partial charge on any atom is 0.122 e. The van der Waals surface area contributed by atoms with E-state index in [1.807, 2.05) is 0 Å². The monoisotopic (exact) mass is 291 g/mol. The average molecular weight is 291 g/mol. The first-order chi connectivity index (χ1) is 10.2. The zero-order valence-electron chi connectivity index (χ0n) is 14.3. The summed E-state index contributed by atoms with van der Waals surface area (Å²) in [6.07, 6.45) is 5.95. The molecule has 0 heterocycles. The van der Waals surface area contributed by atoms with Crippen LogP contribution in [-0.4, -0.2) is 19.2 Å². The molecule has 21 heavy (non-hydrogen) atoms. The summed E-state index contributed by atoms with van der Waals surface area (Å²) in [5, 5.41) is 3.53. The smallest absolute Gasteiger partial charge is 0.122 e. The van der Waals surface area contributed by atoms with Crippen LogP contribution in [0, 0.1) is 0 Å². The van der Waals surface area contributed by atoms with Gasteiger partial charge in [0.15, 0.2) is 0 Å². The predicted molar refractivity (Wildman–Crippen MR) is 92.2 cm³/mol. The Balaban J connectivity index is 2.27. The summed E-state index contributed by atoms with van der Waals surface area (Å²) < 4.78 is 6.00. The van der Waals surface area contributed by atoms with Crippen molar-refractivity contribution in [2.75, 3.05) is 13.2 Å². The number of ether oxygens (including phenoxy) is 1. The van der Waals surface area contributed by atoms with E-state index in [1.54, 1.807) is 0 Å². The summed E-state index contributed by atoms with van der Waals surface area (Å²) in [6.45, 7) is 10.9. The molecule has 1 rings (SSSR count). The van der Waals surface area contributed by atoms with Gasteiger partial charge in [0.1, 0.15) is 5.75 Å². The molecule has 2 nitrogen and oxygen atoms in total. The van der Waals surface area contributed by atoms with Gasteiger partial charge in [-0.25, -0.2) is 0 Å². The minimum absolute atomic E-state index is 0.569. The van der Waals surface area contributed by atoms with Crippen molar-refractivity contribution in [2.24, 2.45) is 0 Å². The minimum Gasteiger partial charge on any atom is -0.493 e. The largest absolute Gasteiger partial charge is 0.493 e. The first-order valence-electron chi connectivity index (χ1n) is 8.64. The van der Waals surface area contributed by atoms with Gasteiger partial charge in [-0.1, -0.05) is 39.0 Å². The van der Waals surface area contributed by atoms with E-state index in [1.165, 1.54) is 24.8 Å². The van der Waals surface area contributed by atoms with E-state index in [2.05, 4.69) is 57.3 Å². The standard InChI is InChI=1S/C19H33NO/c1-5-14-20-17(4)11-9-10-15-21-19-13-8-7-12-18(19)16(3)6-2/h7-8,12-13,16-17,20H,5-6,9-11,14-15H2,1-4H3. The lowest BCUT2D eigenvalue weighted by Crippen LogP contribution is -2.26. The van der Waals surface area contributed by atoms with Crippen molar-refractivity contribution in [1.29, 1.82) is 0 Å². The van der Waals surface area contributed by atoms with Crippen molar-refractivity contribution in [3.8, 4) is 5.75 Å². The second kappa shape index (κ2) is 10.7. The van der Waals surface area contributed by atoms with Crippen LogP contribution in [0.25, 0.3) is 0 Å². The van der Waals surface area contributed by atoms with Crippen LogP contribution in [0.5, 0.6) is 5.75 Å². The van der Waals surface area contributed by atoms with Crippen LogP contribution in [-0.2, 0) is 0 Å². The van der Waals surface area contributed by atoms with E-state index in [4.69, 9.17) is 4.74 Å². The molecule has 0 aliphatic carbocycles. The van der Waals surface area contributed by atoms with Crippen molar-refractivity contribution in [1.82, 2.24) is 5.32 Å². The molecule has 2 unspecified atom stereocenters. The Labute approximate surface area is 131 Å². The molecule has 1 N–H and O–H groups in total. The summed E-state index contributed by atoms with van der Waals surface area (Å²) in [7, 11) is 0. The molecular weight excluding hydrogens is 258 g/mol. The van der Waals surface area contributed by atoms with E-state index >= 15 is 0 Å². The molecule has 2 heteroatoms. The Kier molecular flexibility index (Phi) is 9.16. The molecule has 0 amide bonds. The number of nitrogens with one attached hydrogen (secondary N) is 1. The molecule has 0 aliphatic heterocycles. The summed E-state index contributed by atoms with van der Waals surface area (Å²) in [5.74, 6) is 1.64. The Bertz CT molecular complexity index is 378. The molecule has 0 radical (unpaired) electrons. The van der Waals surface area contributed by atoms with Crippen molar-refractivity contribution in [2.45, 2.75) is 71.8 Å². The van der Waals surface area contributed by atoms with Crippen LogP contribution in [0.1, 0.15) is 71.3 Å². The van der Waals surface area contributed by atoms with E-state index in [9.17, 15) is 0 Å². The number of unbranched alkanes of at least 4 members (excludes halogenated alkanes) is 1. The van der Waals surface area contributed by atoms with E-state index < -0.39 is 0 Å². The van der Waals surface area contributed by atoms with Crippen LogP contribution in [0.2, 0.25) is 0 Å². The highest BCUT2D eigenvalue weighted by Gasteiger charge is 2.09. The van der Waals surface area contributed by atoms with Gasteiger partial charge in [-0.05, 0) is 63.1 Å². The summed E-state index contributed by atoms with van der Waals surface area (Å²) >= 11 is 0. The Morgan fingerprint density at radius 1 is 1.10 bits per heavy atom. The Hall–Kier alpha value is -1.02. The van der Waals surface area contributed by atoms with Gasteiger partial charge in [0, 0.05) is 6.04 Å². The third-order valence-electron chi connectivity index (χ3n) is 4.09. The lowest BCUT2D eigenvalue weighted by molar-refractivity contribution is 0.297. The second-order valence-electron chi connectivity index (χ2n) is 6.05. The normalized spacial score (nSPS) is 13.9. The van der Waals surface area contributed by atoms with Gasteiger partial charge >= 0.3 is 0 Å². The highest BCUT2D eigenvalue weighted by atomic mass is 16.5. The number of hydrogen-bond donors (Lipinski definition) is 1. The van der Waals surface area contributed by atoms with Gasteiger partial charge in [-0.15, -0.1) is 0 Å². The quantitative estimate of drug-likeness (QED) is 0.570. The highest BCUT2D eigenvalue weighted by Crippen LogP contribution is 2.28. The fraction of sp³-hybridized carbons (Fsp3) is 0.684. The first-order valence-corrected chi connectivity index (χ1v) is 8.64. The topological polar surface area (TPSA) is 21.3 Å². The van der Waals surface area contributed by atoms with Crippen molar-refractivity contribution in [3.05, 3.63) is 29.8 Å². The predicted octanol–water partition coefficient (Wildman–Crippen LogP) is 5.14. The highest BCUT2D eigenvalue weighted by molar-refractivity contribution is 5.35. The van der Waals surface area contributed by atoms with Gasteiger partial charge in [0.25, 0.3) is 0 Å². The molecule has 1 aromatic carbocycles. The SMILES string of the molecule is CCCNC(C)CCCCOc1ccccc1C(C)CC. The number of benzene rings is 1. The molecule has 0 aliphatic rings. The van der Waals surface area contributed by atoms with E-state index in [-0.39, 0.29) is 0 Å². The maximum absolute atomic E-state index is 6.00. The van der Waals surface area contributed by atoms with E-state index in [0.29, 0.717) is 12.0 Å². The van der Waals surface area contributed by atoms with E-state index in [0.717, 1.165) is 31.7 Å². The molecular formula is C19H33NO. The average Bonchev–Trinajstić information content (AvgIpc) is 2.52. The van der Waals surface area contributed by atoms with Gasteiger partial charge in [0.05, 0.1) is 6.61 Å². The summed E-state index contributed by atoms with van der Waals surface area (Å²) in [6, 6.07) is 9.10. The number of hydrogen-bond acceptors (Lipinski definition) is 2. The Morgan fingerprint density at radius 2 is 1.86 bits per heavy atom. The van der Waals surface area contributed by atoms with Crippen LogP contribution >= 0.6 is 0 Å². The first kappa shape index (κ1) is 18.0. The van der Waals surface area contributed by atoms with Crippen LogP contribution in [0.3, 0.4) is 0 Å². The zero-order chi connectivity index (χ0) is 15.5. The third-order valence-corrected chi connectivity index (χ3v) is 4.09. The fourth-order valence-electron chi connectivity index (χ4n) is 2.47. The molecule has 120 valence electrons. The molecule has 0 bridgehead atoms. The molecule has 2 atom stereocenters. The van der Waals surface area contributed by atoms with Crippen molar-refractivity contribution in [3.63, 3.8) is 0 Å². The third kappa shape index (κ3) is 6.99. The molecule has 0 saturated heterocycles. The number of para-hydroxylation sites is 1. The van der Waals surface area contributed by atoms with Gasteiger partial charge in [-0.2, -0.15) is 0 Å². The van der Waals surface area contributed by atoms with Gasteiger partial charge in [-0.3, -0.25) is 0 Å². The maximum atomic E-state index is 6.00. The van der Waals surface area contributed by atoms with Crippen molar-refractivity contribution < 1.29 is 4.74 Å². The lowest BCUT2D eigenvalue weighted by atomic mass is 9.98. The van der Waals surface area contributed by atoms with Crippen LogP contribution in [0.15, 0.2) is 24.3 Å². The molecule has 0 saturated carbocycles. The van der Waals surface area contributed by atoms with Crippen LogP contribution in [0.4, 0.5) is 0 Å². The van der Waals surface area contributed by atoms with Gasteiger partial charge in [0.2, 0.25) is 0 Å². The van der Waals surface area contributed by atoms with Crippen LogP contribution < -0.4 is 10.1 Å². The Morgan fingerprint density at radius 3 is 2.57 bits per heavy atom. The minimum atomic E-state index is 0.569. The molecule has 0 aromatic heterocycles. The van der Waals surface area contributed by atoms with Gasteiger partial charge < -0.3 is 10.1 Å². The second-order valence-corrected chi connectivity index (χ2v) is 6.05. The zero-order valence-corrected chi connectivity index (χ0v) is 14.3. The number of rotatable bonds is 11.